The summed E-state index contributed by atoms with van der Waals surface area (Å²) in [5, 5.41) is 3.02. The van der Waals surface area contributed by atoms with E-state index in [1.807, 2.05) is 43.3 Å². The lowest BCUT2D eigenvalue weighted by Crippen LogP contribution is -2.33. The molecule has 0 aliphatic carbocycles. The van der Waals surface area contributed by atoms with Gasteiger partial charge < -0.3 is 5.32 Å². The first-order valence-electron chi connectivity index (χ1n) is 7.65. The van der Waals surface area contributed by atoms with Gasteiger partial charge in [0, 0.05) is 12.3 Å². The van der Waals surface area contributed by atoms with Crippen molar-refractivity contribution < 1.29 is 4.79 Å². The van der Waals surface area contributed by atoms with E-state index in [9.17, 15) is 4.79 Å². The Morgan fingerprint density at radius 1 is 1.00 bits per heavy atom. The number of rotatable bonds is 7. The van der Waals surface area contributed by atoms with Crippen LogP contribution in [0.15, 0.2) is 60.7 Å². The molecule has 2 atom stereocenters. The summed E-state index contributed by atoms with van der Waals surface area (Å²) >= 11 is 1.67. The van der Waals surface area contributed by atoms with Gasteiger partial charge in [-0.1, -0.05) is 67.6 Å². The van der Waals surface area contributed by atoms with Crippen LogP contribution in [0.4, 0.5) is 0 Å². The molecule has 2 aromatic carbocycles. The van der Waals surface area contributed by atoms with Crippen LogP contribution in [-0.2, 0) is 10.5 Å². The Morgan fingerprint density at radius 2 is 1.59 bits per heavy atom. The molecule has 0 aliphatic rings. The van der Waals surface area contributed by atoms with Crippen LogP contribution in [0.5, 0.6) is 0 Å². The van der Waals surface area contributed by atoms with Gasteiger partial charge in [0.2, 0.25) is 5.91 Å². The summed E-state index contributed by atoms with van der Waals surface area (Å²) in [6.45, 7) is 4.78. The molecule has 0 saturated carbocycles. The van der Waals surface area contributed by atoms with Gasteiger partial charge in [-0.05, 0) is 24.0 Å². The topological polar surface area (TPSA) is 29.1 Å². The Kier molecular flexibility index (Phi) is 6.53. The summed E-state index contributed by atoms with van der Waals surface area (Å²) in [6, 6.07) is 20.5. The van der Waals surface area contributed by atoms with E-state index in [0.29, 0.717) is 12.5 Å². The van der Waals surface area contributed by atoms with Gasteiger partial charge in [0.25, 0.3) is 0 Å². The number of hydrogen-bond donors (Lipinski definition) is 1. The molecule has 116 valence electrons. The second-order valence-corrected chi connectivity index (χ2v) is 6.82. The first-order valence-corrected chi connectivity index (χ1v) is 8.70. The Balaban J connectivity index is 1.74. The average molecular weight is 313 g/mol. The number of hydrogen-bond acceptors (Lipinski definition) is 2. The largest absolute Gasteiger partial charge is 0.355 e. The molecule has 0 spiro atoms. The quantitative estimate of drug-likeness (QED) is 0.829. The van der Waals surface area contributed by atoms with Gasteiger partial charge in [0.1, 0.15) is 0 Å². The number of benzene rings is 2. The van der Waals surface area contributed by atoms with Gasteiger partial charge >= 0.3 is 0 Å². The molecule has 2 aromatic rings. The third-order valence-corrected chi connectivity index (χ3v) is 4.88. The average Bonchev–Trinajstić information content (AvgIpc) is 2.58. The fourth-order valence-corrected chi connectivity index (χ4v) is 3.04. The molecule has 0 bridgehead atoms. The highest BCUT2D eigenvalue weighted by Crippen LogP contribution is 2.18. The second kappa shape index (κ2) is 8.64. The maximum atomic E-state index is 12.2. The minimum absolute atomic E-state index is 0.0387. The van der Waals surface area contributed by atoms with Crippen LogP contribution in [0.2, 0.25) is 0 Å². The lowest BCUT2D eigenvalue weighted by atomic mass is 10.0. The smallest absolute Gasteiger partial charge is 0.232 e. The molecule has 0 unspecified atom stereocenters. The molecule has 2 rings (SSSR count). The van der Waals surface area contributed by atoms with Crippen molar-refractivity contribution in [3.8, 4) is 0 Å². The normalized spacial score (nSPS) is 13.4. The number of thioether (sulfide) groups is 1. The van der Waals surface area contributed by atoms with Crippen molar-refractivity contribution in [3.63, 3.8) is 0 Å². The summed E-state index contributed by atoms with van der Waals surface area (Å²) in [5.74, 6) is 1.31. The Hall–Kier alpha value is -1.74. The van der Waals surface area contributed by atoms with Crippen molar-refractivity contribution in [2.75, 3.05) is 6.54 Å². The van der Waals surface area contributed by atoms with E-state index in [1.165, 1.54) is 11.1 Å². The van der Waals surface area contributed by atoms with Crippen molar-refractivity contribution >= 4 is 17.7 Å². The Bertz CT molecular complexity index is 571. The Morgan fingerprint density at radius 3 is 2.23 bits per heavy atom. The summed E-state index contributed by atoms with van der Waals surface area (Å²) in [6.07, 6.45) is 0. The number of carbonyl (C=O) groups is 1. The number of amides is 1. The fourth-order valence-electron chi connectivity index (χ4n) is 2.17. The summed E-state index contributed by atoms with van der Waals surface area (Å²) in [5.41, 5.74) is 2.51. The predicted octanol–water partition coefficient (Wildman–Crippen LogP) is 4.23. The monoisotopic (exact) mass is 313 g/mol. The third-order valence-electron chi connectivity index (χ3n) is 3.66. The van der Waals surface area contributed by atoms with Crippen LogP contribution in [0, 0.1) is 0 Å². The molecule has 2 nitrogen and oxygen atoms in total. The number of carbonyl (C=O) groups excluding carboxylic acids is 1. The molecule has 1 amide bonds. The van der Waals surface area contributed by atoms with Crippen LogP contribution in [0.3, 0.4) is 0 Å². The molecule has 0 radical (unpaired) electrons. The second-order valence-electron chi connectivity index (χ2n) is 5.50. The highest BCUT2D eigenvalue weighted by atomic mass is 32.2. The summed E-state index contributed by atoms with van der Waals surface area (Å²) in [4.78, 5) is 12.2. The van der Waals surface area contributed by atoms with Crippen LogP contribution in [-0.4, -0.2) is 17.7 Å². The van der Waals surface area contributed by atoms with E-state index >= 15 is 0 Å². The standard InChI is InChI=1S/C19H23NOS/c1-15(18-11-7-4-8-12-18)13-20-19(21)16(2)22-14-17-9-5-3-6-10-17/h3-12,15-16H,13-14H2,1-2H3,(H,20,21)/t15-,16+/m1/s1. The van der Waals surface area contributed by atoms with Gasteiger partial charge in [0.05, 0.1) is 5.25 Å². The van der Waals surface area contributed by atoms with Crippen molar-refractivity contribution in [2.24, 2.45) is 0 Å². The van der Waals surface area contributed by atoms with Gasteiger partial charge in [0.15, 0.2) is 0 Å². The molecule has 0 aromatic heterocycles. The van der Waals surface area contributed by atoms with Gasteiger partial charge in [-0.15, -0.1) is 11.8 Å². The first-order chi connectivity index (χ1) is 10.7. The molecule has 3 heteroatoms. The van der Waals surface area contributed by atoms with Crippen LogP contribution >= 0.6 is 11.8 Å². The molecule has 1 N–H and O–H groups in total. The predicted molar refractivity (Wildman–Crippen MR) is 95.1 cm³/mol. The molecule has 22 heavy (non-hydrogen) atoms. The minimum Gasteiger partial charge on any atom is -0.355 e. The zero-order chi connectivity index (χ0) is 15.8. The fraction of sp³-hybridized carbons (Fsp3) is 0.316. The van der Waals surface area contributed by atoms with Gasteiger partial charge in [-0.3, -0.25) is 4.79 Å². The molecular weight excluding hydrogens is 290 g/mol. The summed E-state index contributed by atoms with van der Waals surface area (Å²) < 4.78 is 0. The van der Waals surface area contributed by atoms with Crippen LogP contribution in [0.25, 0.3) is 0 Å². The maximum absolute atomic E-state index is 12.2. The van der Waals surface area contributed by atoms with Crippen molar-refractivity contribution in [2.45, 2.75) is 30.8 Å². The first kappa shape index (κ1) is 16.6. The van der Waals surface area contributed by atoms with Crippen LogP contribution in [0.1, 0.15) is 30.9 Å². The van der Waals surface area contributed by atoms with E-state index in [-0.39, 0.29) is 11.2 Å². The van der Waals surface area contributed by atoms with E-state index in [2.05, 4.69) is 36.5 Å². The zero-order valence-corrected chi connectivity index (χ0v) is 14.0. The van der Waals surface area contributed by atoms with Gasteiger partial charge in [-0.2, -0.15) is 0 Å². The molecule has 0 heterocycles. The molecular formula is C19H23NOS. The van der Waals surface area contributed by atoms with Crippen molar-refractivity contribution in [1.29, 1.82) is 0 Å². The van der Waals surface area contributed by atoms with Crippen molar-refractivity contribution in [1.82, 2.24) is 5.32 Å². The zero-order valence-electron chi connectivity index (χ0n) is 13.2. The molecule has 0 fully saturated rings. The Labute approximate surface area is 137 Å². The molecule has 0 saturated heterocycles. The van der Waals surface area contributed by atoms with Crippen molar-refractivity contribution in [3.05, 3.63) is 71.8 Å². The van der Waals surface area contributed by atoms with E-state index in [1.54, 1.807) is 11.8 Å². The third kappa shape index (κ3) is 5.23. The molecule has 0 aliphatic heterocycles. The lowest BCUT2D eigenvalue weighted by molar-refractivity contribution is -0.120. The van der Waals surface area contributed by atoms with E-state index in [4.69, 9.17) is 0 Å². The van der Waals surface area contributed by atoms with E-state index in [0.717, 1.165) is 5.75 Å². The maximum Gasteiger partial charge on any atom is 0.232 e. The van der Waals surface area contributed by atoms with Gasteiger partial charge in [-0.25, -0.2) is 0 Å². The highest BCUT2D eigenvalue weighted by Gasteiger charge is 2.14. The highest BCUT2D eigenvalue weighted by molar-refractivity contribution is 7.99. The van der Waals surface area contributed by atoms with E-state index < -0.39 is 0 Å². The number of nitrogens with one attached hydrogen (secondary N) is 1. The summed E-state index contributed by atoms with van der Waals surface area (Å²) in [7, 11) is 0. The lowest BCUT2D eigenvalue weighted by Gasteiger charge is -2.16. The van der Waals surface area contributed by atoms with Crippen LogP contribution < -0.4 is 5.32 Å². The SMILES string of the molecule is C[C@H](SCc1ccccc1)C(=O)NC[C@@H](C)c1ccccc1. The minimum atomic E-state index is -0.0387.